The standard InChI is InChI=1S/C27H38N2O6/c1-7-34-25(32)23(30)17-29(16-18(2)3)26(33)28-22(24(31)35-27(4,5)6)15-20-13-10-12-19-11-8-9-14-21(19)20/h8-14,18,22-23,30H,7,15-17H2,1-6H3,(H,28,33)/t22-,23?/m0/s1. The smallest absolute Gasteiger partial charge is 0.336 e. The molecule has 0 fully saturated rings. The molecule has 2 rings (SSSR count). The zero-order valence-electron chi connectivity index (χ0n) is 21.5. The fraction of sp³-hybridized carbons (Fsp3) is 0.519. The highest BCUT2D eigenvalue weighted by molar-refractivity contribution is 5.88. The quantitative estimate of drug-likeness (QED) is 0.497. The Morgan fingerprint density at radius 3 is 2.29 bits per heavy atom. The number of nitrogens with one attached hydrogen (secondary N) is 1. The van der Waals surface area contributed by atoms with E-state index in [9.17, 15) is 19.5 Å². The second-order valence-corrected chi connectivity index (χ2v) is 9.94. The monoisotopic (exact) mass is 486 g/mol. The lowest BCUT2D eigenvalue weighted by atomic mass is 9.98. The number of carbonyl (C=O) groups is 3. The molecule has 0 radical (unpaired) electrons. The van der Waals surface area contributed by atoms with Crippen molar-refractivity contribution in [1.29, 1.82) is 0 Å². The maximum Gasteiger partial charge on any atom is 0.336 e. The Morgan fingerprint density at radius 2 is 1.66 bits per heavy atom. The van der Waals surface area contributed by atoms with Crippen LogP contribution in [-0.2, 0) is 25.5 Å². The molecule has 0 saturated carbocycles. The van der Waals surface area contributed by atoms with Crippen LogP contribution in [-0.4, -0.2) is 65.4 Å². The minimum atomic E-state index is -1.49. The molecule has 0 aromatic heterocycles. The SMILES string of the molecule is CCOC(=O)C(O)CN(CC(C)C)C(=O)N[C@@H](Cc1cccc2ccccc12)C(=O)OC(C)(C)C. The van der Waals surface area contributed by atoms with Gasteiger partial charge in [-0.1, -0.05) is 56.3 Å². The molecular formula is C27H38N2O6. The van der Waals surface area contributed by atoms with Gasteiger partial charge in [-0.05, 0) is 49.9 Å². The van der Waals surface area contributed by atoms with E-state index in [0.717, 1.165) is 16.3 Å². The number of aliphatic hydroxyl groups is 1. The first-order valence-corrected chi connectivity index (χ1v) is 12.0. The van der Waals surface area contributed by atoms with E-state index in [0.29, 0.717) is 0 Å². The van der Waals surface area contributed by atoms with Crippen molar-refractivity contribution in [3.05, 3.63) is 48.0 Å². The summed E-state index contributed by atoms with van der Waals surface area (Å²) in [4.78, 5) is 39.7. The lowest BCUT2D eigenvalue weighted by Gasteiger charge is -2.30. The van der Waals surface area contributed by atoms with Gasteiger partial charge in [0.2, 0.25) is 0 Å². The summed E-state index contributed by atoms with van der Waals surface area (Å²) in [6.45, 7) is 10.9. The van der Waals surface area contributed by atoms with E-state index in [1.54, 1.807) is 27.7 Å². The highest BCUT2D eigenvalue weighted by atomic mass is 16.6. The Hall–Kier alpha value is -3.13. The predicted octanol–water partition coefficient (Wildman–Crippen LogP) is 3.68. The number of aliphatic hydroxyl groups excluding tert-OH is 1. The molecule has 0 aliphatic rings. The zero-order valence-corrected chi connectivity index (χ0v) is 21.5. The van der Waals surface area contributed by atoms with E-state index >= 15 is 0 Å². The number of rotatable bonds is 10. The number of urea groups is 1. The van der Waals surface area contributed by atoms with Crippen LogP contribution in [0.1, 0.15) is 47.1 Å². The van der Waals surface area contributed by atoms with Gasteiger partial charge < -0.3 is 24.8 Å². The Kier molecular flexibility index (Phi) is 10.1. The van der Waals surface area contributed by atoms with E-state index in [1.807, 2.05) is 56.3 Å². The first-order chi connectivity index (χ1) is 16.4. The molecule has 2 atom stereocenters. The van der Waals surface area contributed by atoms with Crippen LogP contribution in [0.25, 0.3) is 10.8 Å². The molecule has 1 unspecified atom stereocenters. The number of nitrogens with zero attached hydrogens (tertiary/aromatic N) is 1. The summed E-state index contributed by atoms with van der Waals surface area (Å²) in [6.07, 6.45) is -1.27. The fourth-order valence-corrected chi connectivity index (χ4v) is 3.70. The van der Waals surface area contributed by atoms with Crippen molar-refractivity contribution in [3.8, 4) is 0 Å². The number of amides is 2. The Labute approximate surface area is 207 Å². The van der Waals surface area contributed by atoms with Gasteiger partial charge in [0, 0.05) is 13.0 Å². The number of benzene rings is 2. The highest BCUT2D eigenvalue weighted by Crippen LogP contribution is 2.21. The van der Waals surface area contributed by atoms with Crippen LogP contribution in [0.4, 0.5) is 4.79 Å². The summed E-state index contributed by atoms with van der Waals surface area (Å²) < 4.78 is 10.5. The molecule has 0 spiro atoms. The predicted molar refractivity (Wildman–Crippen MR) is 135 cm³/mol. The van der Waals surface area contributed by atoms with Crippen LogP contribution < -0.4 is 5.32 Å². The number of fused-ring (bicyclic) bond motifs is 1. The van der Waals surface area contributed by atoms with Gasteiger partial charge in [0.05, 0.1) is 13.2 Å². The summed E-state index contributed by atoms with van der Waals surface area (Å²) in [5, 5.41) is 15.0. The summed E-state index contributed by atoms with van der Waals surface area (Å²) in [6, 6.07) is 12.1. The van der Waals surface area contributed by atoms with Gasteiger partial charge in [0.25, 0.3) is 0 Å². The third kappa shape index (κ3) is 8.87. The summed E-state index contributed by atoms with van der Waals surface area (Å²) in [5.41, 5.74) is 0.150. The number of ether oxygens (including phenoxy) is 2. The lowest BCUT2D eigenvalue weighted by molar-refractivity contribution is -0.157. The van der Waals surface area contributed by atoms with Crippen LogP contribution in [0, 0.1) is 5.92 Å². The first kappa shape index (κ1) is 28.1. The van der Waals surface area contributed by atoms with Crippen molar-refractivity contribution < 1.29 is 29.0 Å². The second kappa shape index (κ2) is 12.5. The fourth-order valence-electron chi connectivity index (χ4n) is 3.70. The van der Waals surface area contributed by atoms with Crippen molar-refractivity contribution in [1.82, 2.24) is 10.2 Å². The summed E-state index contributed by atoms with van der Waals surface area (Å²) in [5.74, 6) is -1.30. The van der Waals surface area contributed by atoms with Crippen LogP contribution in [0.2, 0.25) is 0 Å². The third-order valence-corrected chi connectivity index (χ3v) is 5.12. The normalized spacial score (nSPS) is 13.3. The van der Waals surface area contributed by atoms with Gasteiger partial charge in [0.15, 0.2) is 6.10 Å². The zero-order chi connectivity index (χ0) is 26.2. The molecule has 8 nitrogen and oxygen atoms in total. The summed E-state index contributed by atoms with van der Waals surface area (Å²) in [7, 11) is 0. The van der Waals surface area contributed by atoms with Crippen molar-refractivity contribution >= 4 is 28.7 Å². The molecule has 0 bridgehead atoms. The first-order valence-electron chi connectivity index (χ1n) is 12.0. The molecule has 0 heterocycles. The maximum atomic E-state index is 13.3. The molecule has 35 heavy (non-hydrogen) atoms. The number of carbonyl (C=O) groups excluding carboxylic acids is 3. The van der Waals surface area contributed by atoms with Gasteiger partial charge in [0.1, 0.15) is 11.6 Å². The number of hydrogen-bond donors (Lipinski definition) is 2. The average molecular weight is 487 g/mol. The van der Waals surface area contributed by atoms with Crippen molar-refractivity contribution in [3.63, 3.8) is 0 Å². The Morgan fingerprint density at radius 1 is 1.00 bits per heavy atom. The lowest BCUT2D eigenvalue weighted by Crippen LogP contribution is -2.53. The second-order valence-electron chi connectivity index (χ2n) is 9.94. The largest absolute Gasteiger partial charge is 0.464 e. The molecule has 0 aliphatic carbocycles. The highest BCUT2D eigenvalue weighted by Gasteiger charge is 2.31. The van der Waals surface area contributed by atoms with Crippen LogP contribution in [0.5, 0.6) is 0 Å². The molecule has 2 amide bonds. The molecule has 192 valence electrons. The molecule has 2 aromatic carbocycles. The molecular weight excluding hydrogens is 448 g/mol. The minimum Gasteiger partial charge on any atom is -0.464 e. The Balaban J connectivity index is 2.31. The van der Waals surface area contributed by atoms with E-state index in [2.05, 4.69) is 5.32 Å². The molecule has 0 saturated heterocycles. The van der Waals surface area contributed by atoms with Gasteiger partial charge in [-0.2, -0.15) is 0 Å². The van der Waals surface area contributed by atoms with E-state index in [-0.39, 0.29) is 32.0 Å². The Bertz CT molecular complexity index is 1010. The average Bonchev–Trinajstić information content (AvgIpc) is 2.77. The molecule has 2 aromatic rings. The van der Waals surface area contributed by atoms with E-state index in [1.165, 1.54) is 4.90 Å². The number of esters is 2. The van der Waals surface area contributed by atoms with Gasteiger partial charge >= 0.3 is 18.0 Å². The summed E-state index contributed by atoms with van der Waals surface area (Å²) >= 11 is 0. The van der Waals surface area contributed by atoms with E-state index < -0.39 is 35.7 Å². The third-order valence-electron chi connectivity index (χ3n) is 5.12. The van der Waals surface area contributed by atoms with Gasteiger partial charge in [-0.15, -0.1) is 0 Å². The molecule has 0 aliphatic heterocycles. The topological polar surface area (TPSA) is 105 Å². The van der Waals surface area contributed by atoms with Crippen LogP contribution in [0.3, 0.4) is 0 Å². The van der Waals surface area contributed by atoms with Gasteiger partial charge in [-0.25, -0.2) is 14.4 Å². The molecule has 8 heteroatoms. The van der Waals surface area contributed by atoms with Crippen molar-refractivity contribution in [2.45, 2.75) is 65.7 Å². The maximum absolute atomic E-state index is 13.3. The van der Waals surface area contributed by atoms with Crippen molar-refractivity contribution in [2.24, 2.45) is 5.92 Å². The van der Waals surface area contributed by atoms with Crippen LogP contribution in [0.15, 0.2) is 42.5 Å². The number of hydrogen-bond acceptors (Lipinski definition) is 6. The van der Waals surface area contributed by atoms with E-state index in [4.69, 9.17) is 9.47 Å². The van der Waals surface area contributed by atoms with Crippen LogP contribution >= 0.6 is 0 Å². The van der Waals surface area contributed by atoms with Crippen molar-refractivity contribution in [2.75, 3.05) is 19.7 Å². The molecule has 2 N–H and O–H groups in total. The van der Waals surface area contributed by atoms with Gasteiger partial charge in [-0.3, -0.25) is 0 Å². The minimum absolute atomic E-state index is 0.0631.